The molecule has 0 aromatic carbocycles. The van der Waals surface area contributed by atoms with Crippen molar-refractivity contribution in [3.05, 3.63) is 4.91 Å². The molecule has 0 spiro atoms. The van der Waals surface area contributed by atoms with Crippen molar-refractivity contribution in [2.24, 2.45) is 5.29 Å². The number of nitroso groups, excluding NO2 is 1. The number of piperidine rings is 2. The summed E-state index contributed by atoms with van der Waals surface area (Å²) in [4.78, 5) is 9.70. The van der Waals surface area contributed by atoms with Crippen LogP contribution in [0.15, 0.2) is 5.29 Å². The second-order valence-electron chi connectivity index (χ2n) is 4.43. The summed E-state index contributed by atoms with van der Waals surface area (Å²) in [5.74, 6) is 0. The topological polar surface area (TPSA) is 97.2 Å². The van der Waals surface area contributed by atoms with Crippen LogP contribution in [0.5, 0.6) is 0 Å². The first-order valence-corrected chi connectivity index (χ1v) is 6.12. The summed E-state index contributed by atoms with van der Waals surface area (Å²) in [6.07, 6.45) is 3.44. The third-order valence-electron chi connectivity index (χ3n) is 2.85. The minimum atomic E-state index is -0.317. The van der Waals surface area contributed by atoms with E-state index in [1.165, 1.54) is 0 Å². The average Bonchev–Trinajstić information content (AvgIpc) is 2.31. The summed E-state index contributed by atoms with van der Waals surface area (Å²) in [5, 5.41) is 25.1. The van der Waals surface area contributed by atoms with Gasteiger partial charge >= 0.3 is 0 Å². The zero-order valence-electron chi connectivity index (χ0n) is 10.0. The molecule has 0 aromatic heterocycles. The van der Waals surface area contributed by atoms with Gasteiger partial charge in [-0.15, -0.1) is 4.91 Å². The number of nitrogens with zero attached hydrogens (tertiary/aromatic N) is 2. The van der Waals surface area contributed by atoms with Crippen LogP contribution in [0.2, 0.25) is 0 Å². The van der Waals surface area contributed by atoms with Crippen LogP contribution in [0, 0.1) is 4.91 Å². The molecule has 2 aliphatic heterocycles. The zero-order valence-corrected chi connectivity index (χ0v) is 10.0. The zero-order chi connectivity index (χ0) is 12.5. The van der Waals surface area contributed by atoms with Gasteiger partial charge in [-0.1, -0.05) is 0 Å². The summed E-state index contributed by atoms with van der Waals surface area (Å²) in [6.45, 7) is 3.14. The highest BCUT2D eigenvalue weighted by Gasteiger charge is 2.16. The van der Waals surface area contributed by atoms with Gasteiger partial charge in [0.2, 0.25) is 0 Å². The molecule has 0 amide bonds. The highest BCUT2D eigenvalue weighted by Crippen LogP contribution is 2.06. The number of nitrogens with one attached hydrogen (secondary N) is 2. The maximum Gasteiger partial charge on any atom is 0.0686 e. The lowest BCUT2D eigenvalue weighted by atomic mass is 10.1. The average molecular weight is 246 g/mol. The van der Waals surface area contributed by atoms with E-state index in [1.807, 2.05) is 0 Å². The van der Waals surface area contributed by atoms with Gasteiger partial charge in [0.25, 0.3) is 0 Å². The lowest BCUT2D eigenvalue weighted by Gasteiger charge is -2.27. The van der Waals surface area contributed by atoms with E-state index in [1.54, 1.807) is 5.01 Å². The summed E-state index contributed by atoms with van der Waals surface area (Å²) >= 11 is 0. The number of aliphatic hydroxyl groups excluding tert-OH is 2. The van der Waals surface area contributed by atoms with Crippen LogP contribution in [0.3, 0.4) is 0 Å². The number of rotatable bonds is 2. The van der Waals surface area contributed by atoms with Crippen LogP contribution < -0.4 is 10.9 Å². The van der Waals surface area contributed by atoms with E-state index >= 15 is 0 Å². The Hall–Kier alpha value is -0.760. The molecule has 0 radical (unpaired) electrons. The van der Waals surface area contributed by atoms with Crippen LogP contribution >= 0.6 is 0 Å². The van der Waals surface area contributed by atoms with E-state index in [2.05, 4.69) is 16.1 Å². The first-order valence-electron chi connectivity index (χ1n) is 6.12. The Bertz CT molecular complexity index is 212. The van der Waals surface area contributed by atoms with Crippen LogP contribution in [-0.4, -0.2) is 53.6 Å². The molecule has 2 unspecified atom stereocenters. The molecule has 2 aliphatic rings. The fourth-order valence-corrected chi connectivity index (χ4v) is 1.94. The number of β-amino-alcohol motifs (C(OH)–C–C–N with tert-alkyl or cyclic N) is 2. The van der Waals surface area contributed by atoms with Gasteiger partial charge in [-0.3, -0.25) is 0 Å². The molecule has 0 aromatic rings. The van der Waals surface area contributed by atoms with Crippen LogP contribution in [0.1, 0.15) is 25.7 Å². The first-order chi connectivity index (χ1) is 8.22. The molecule has 7 nitrogen and oxygen atoms in total. The molecule has 100 valence electrons. The highest BCUT2D eigenvalue weighted by atomic mass is 16.3. The maximum atomic E-state index is 9.70. The molecule has 17 heavy (non-hydrogen) atoms. The summed E-state index contributed by atoms with van der Waals surface area (Å²) in [6, 6.07) is 0. The largest absolute Gasteiger partial charge is 0.392 e. The van der Waals surface area contributed by atoms with Gasteiger partial charge in [0.15, 0.2) is 0 Å². The van der Waals surface area contributed by atoms with Gasteiger partial charge in [-0.25, -0.2) is 10.5 Å². The molecule has 2 atom stereocenters. The standard InChI is InChI=1S/C5H11N3O2.C5H11NO/c9-5-2-1-3-8(4-5)6-7-10;7-5-2-1-3-6-4-5/h5,9H,1-4H2,(H,6,10);5-7H,1-4H2. The van der Waals surface area contributed by atoms with Gasteiger partial charge < -0.3 is 15.5 Å². The molecule has 7 heteroatoms. The first kappa shape index (κ1) is 14.3. The molecule has 0 bridgehead atoms. The fraction of sp³-hybridized carbons (Fsp3) is 1.00. The quantitative estimate of drug-likeness (QED) is 0.382. The predicted molar refractivity (Wildman–Crippen MR) is 63.9 cm³/mol. The van der Waals surface area contributed by atoms with Crippen LogP contribution in [0.4, 0.5) is 0 Å². The third kappa shape index (κ3) is 6.52. The monoisotopic (exact) mass is 246 g/mol. The van der Waals surface area contributed by atoms with Crippen molar-refractivity contribution in [3.8, 4) is 0 Å². The molecular formula is C10H22N4O3. The SMILES string of the molecule is O=NNN1CCCC(O)C1.OC1CCCNC1. The van der Waals surface area contributed by atoms with Crippen LogP contribution in [0.25, 0.3) is 0 Å². The van der Waals surface area contributed by atoms with Gasteiger partial charge in [0, 0.05) is 19.6 Å². The van der Waals surface area contributed by atoms with Crippen molar-refractivity contribution >= 4 is 0 Å². The van der Waals surface area contributed by atoms with Gasteiger partial charge in [0.05, 0.1) is 17.5 Å². The number of hydrazine groups is 1. The second kappa shape index (κ2) is 8.35. The van der Waals surface area contributed by atoms with Crippen molar-refractivity contribution in [1.82, 2.24) is 15.9 Å². The molecule has 2 rings (SSSR count). The summed E-state index contributed by atoms with van der Waals surface area (Å²) in [7, 11) is 0. The fourth-order valence-electron chi connectivity index (χ4n) is 1.94. The lowest BCUT2D eigenvalue weighted by molar-refractivity contribution is 0.0418. The van der Waals surface area contributed by atoms with Gasteiger partial charge in [0.1, 0.15) is 0 Å². The van der Waals surface area contributed by atoms with E-state index in [0.717, 1.165) is 45.3 Å². The third-order valence-corrected chi connectivity index (χ3v) is 2.85. The number of hydrogen-bond acceptors (Lipinski definition) is 6. The number of aliphatic hydroxyl groups is 2. The predicted octanol–water partition coefficient (Wildman–Crippen LogP) is -0.640. The van der Waals surface area contributed by atoms with Crippen molar-refractivity contribution in [2.45, 2.75) is 37.9 Å². The Morgan fingerprint density at radius 3 is 2.47 bits per heavy atom. The number of hydrogen-bond donors (Lipinski definition) is 4. The highest BCUT2D eigenvalue weighted by molar-refractivity contribution is 4.67. The van der Waals surface area contributed by atoms with E-state index in [9.17, 15) is 4.91 Å². The van der Waals surface area contributed by atoms with Crippen LogP contribution in [-0.2, 0) is 0 Å². The van der Waals surface area contributed by atoms with Gasteiger partial charge in [-0.2, -0.15) is 0 Å². The van der Waals surface area contributed by atoms with Crippen molar-refractivity contribution in [1.29, 1.82) is 0 Å². The Morgan fingerprint density at radius 2 is 2.00 bits per heavy atom. The minimum Gasteiger partial charge on any atom is -0.392 e. The normalized spacial score (nSPS) is 30.0. The van der Waals surface area contributed by atoms with E-state index < -0.39 is 0 Å². The molecule has 2 fully saturated rings. The molecule has 2 saturated heterocycles. The Labute approximate surface area is 101 Å². The minimum absolute atomic E-state index is 0.0752. The van der Waals surface area contributed by atoms with Crippen molar-refractivity contribution in [2.75, 3.05) is 26.2 Å². The van der Waals surface area contributed by atoms with E-state index in [4.69, 9.17) is 10.2 Å². The molecule has 4 N–H and O–H groups in total. The van der Waals surface area contributed by atoms with Crippen molar-refractivity contribution < 1.29 is 10.2 Å². The summed E-state index contributed by atoms with van der Waals surface area (Å²) < 4.78 is 0. The molecule has 2 heterocycles. The molecular weight excluding hydrogens is 224 g/mol. The summed E-state index contributed by atoms with van der Waals surface area (Å²) in [5.41, 5.74) is 2.26. The van der Waals surface area contributed by atoms with E-state index in [-0.39, 0.29) is 12.2 Å². The molecule has 0 saturated carbocycles. The molecule has 0 aliphatic carbocycles. The van der Waals surface area contributed by atoms with Crippen molar-refractivity contribution in [3.63, 3.8) is 0 Å². The lowest BCUT2D eigenvalue weighted by Crippen LogP contribution is -2.44. The smallest absolute Gasteiger partial charge is 0.0686 e. The second-order valence-corrected chi connectivity index (χ2v) is 4.43. The Morgan fingerprint density at radius 1 is 1.24 bits per heavy atom. The maximum absolute atomic E-state index is 9.70. The van der Waals surface area contributed by atoms with E-state index in [0.29, 0.717) is 6.54 Å². The Kier molecular flexibility index (Phi) is 7.02. The Balaban J connectivity index is 0.000000181. The van der Waals surface area contributed by atoms with Gasteiger partial charge in [-0.05, 0) is 32.2 Å².